The molecule has 8 rings (SSSR count). The van der Waals surface area contributed by atoms with Crippen LogP contribution >= 0.6 is 0 Å². The minimum atomic E-state index is -1.62. The standard InChI is InChI=1S/C43H70O14/c1-20(2)16-23-30(46)28(36(52-7)55-23)22-10-12-41(6)26-9-8-25-39(4,19-44)27(11-13-42(25)18-43(26,42)15-14-40(22,41)5)57-38-35(51)33(49)31(47)24(56-38)17-53-37-34(50)32(48)29(45)21(3)54-37/h16,21-38,44-51H,8-15,17-19H2,1-7H3/t21-,22+,23+,24-,25+,26-,27-,28-,29-,30+,31-,32+,33+,34-,35-,36+,37-,38+,39+,40+,41-,42+,43-/m0/s1. The van der Waals surface area contributed by atoms with Crippen molar-refractivity contribution in [2.75, 3.05) is 20.3 Å². The zero-order valence-corrected chi connectivity index (χ0v) is 34.8. The molecule has 0 amide bonds. The van der Waals surface area contributed by atoms with Gasteiger partial charge in [-0.05, 0) is 118 Å². The van der Waals surface area contributed by atoms with Crippen molar-refractivity contribution in [2.24, 2.45) is 50.7 Å². The lowest BCUT2D eigenvalue weighted by atomic mass is 9.41. The Labute approximate surface area is 336 Å². The van der Waals surface area contributed by atoms with Crippen LogP contribution in [0.2, 0.25) is 0 Å². The van der Waals surface area contributed by atoms with Gasteiger partial charge in [-0.15, -0.1) is 0 Å². The molecule has 8 aliphatic rings. The average molecular weight is 811 g/mol. The van der Waals surface area contributed by atoms with Gasteiger partial charge >= 0.3 is 0 Å². The maximum absolute atomic E-state index is 11.7. The van der Waals surface area contributed by atoms with Crippen LogP contribution in [-0.4, -0.2) is 147 Å². The van der Waals surface area contributed by atoms with E-state index in [0.29, 0.717) is 12.3 Å². The normalized spacial score (nSPS) is 58.3. The Morgan fingerprint density at radius 1 is 0.684 bits per heavy atom. The summed E-state index contributed by atoms with van der Waals surface area (Å²) in [5.74, 6) is 0.849. The van der Waals surface area contributed by atoms with Crippen LogP contribution in [0.25, 0.3) is 0 Å². The largest absolute Gasteiger partial charge is 0.396 e. The van der Waals surface area contributed by atoms with Crippen LogP contribution in [0.3, 0.4) is 0 Å². The molecule has 14 nitrogen and oxygen atoms in total. The zero-order valence-electron chi connectivity index (χ0n) is 34.8. The molecule has 0 aromatic rings. The van der Waals surface area contributed by atoms with E-state index in [-0.39, 0.29) is 58.7 Å². The van der Waals surface area contributed by atoms with E-state index in [9.17, 15) is 40.9 Å². The van der Waals surface area contributed by atoms with Gasteiger partial charge in [0, 0.05) is 18.4 Å². The van der Waals surface area contributed by atoms with Crippen LogP contribution < -0.4 is 0 Å². The van der Waals surface area contributed by atoms with Gasteiger partial charge in [0.15, 0.2) is 18.9 Å². The van der Waals surface area contributed by atoms with Crippen LogP contribution in [0, 0.1) is 50.7 Å². The van der Waals surface area contributed by atoms with Gasteiger partial charge in [0.1, 0.15) is 48.8 Å². The van der Waals surface area contributed by atoms with Gasteiger partial charge in [-0.25, -0.2) is 0 Å². The van der Waals surface area contributed by atoms with E-state index in [1.54, 1.807) is 7.11 Å². The van der Waals surface area contributed by atoms with Crippen molar-refractivity contribution in [1.29, 1.82) is 0 Å². The highest BCUT2D eigenvalue weighted by molar-refractivity contribution is 5.31. The number of hydrogen-bond acceptors (Lipinski definition) is 14. The molecule has 2 spiro atoms. The van der Waals surface area contributed by atoms with E-state index >= 15 is 0 Å². The lowest BCUT2D eigenvalue weighted by Gasteiger charge is -2.64. The van der Waals surface area contributed by atoms with Crippen molar-refractivity contribution >= 4 is 0 Å². The fraction of sp³-hybridized carbons (Fsp3) is 0.953. The maximum Gasteiger partial charge on any atom is 0.186 e. The van der Waals surface area contributed by atoms with Crippen molar-refractivity contribution < 1.29 is 69.3 Å². The van der Waals surface area contributed by atoms with Gasteiger partial charge in [0.05, 0.1) is 31.5 Å². The minimum Gasteiger partial charge on any atom is -0.396 e. The lowest BCUT2D eigenvalue weighted by Crippen LogP contribution is -2.63. The number of ether oxygens (including phenoxy) is 6. The number of methoxy groups -OCH3 is 1. The van der Waals surface area contributed by atoms with Gasteiger partial charge in [-0.3, -0.25) is 0 Å². The summed E-state index contributed by atoms with van der Waals surface area (Å²) in [6.45, 7) is 12.2. The fourth-order valence-electron chi connectivity index (χ4n) is 14.7. The van der Waals surface area contributed by atoms with Crippen LogP contribution in [0.1, 0.15) is 99.3 Å². The molecule has 8 fully saturated rings. The molecule has 5 saturated carbocycles. The smallest absolute Gasteiger partial charge is 0.186 e. The first-order valence-electron chi connectivity index (χ1n) is 21.6. The molecule has 3 saturated heterocycles. The monoisotopic (exact) mass is 810 g/mol. The van der Waals surface area contributed by atoms with Gasteiger partial charge in [-0.1, -0.05) is 32.4 Å². The Kier molecular flexibility index (Phi) is 11.2. The maximum atomic E-state index is 11.7. The van der Waals surface area contributed by atoms with Crippen molar-refractivity contribution in [2.45, 2.75) is 185 Å². The lowest BCUT2D eigenvalue weighted by molar-refractivity contribution is -0.343. The Morgan fingerprint density at radius 2 is 1.35 bits per heavy atom. The average Bonchev–Trinajstić information content (AvgIpc) is 3.64. The van der Waals surface area contributed by atoms with Crippen LogP contribution in [0.4, 0.5) is 0 Å². The van der Waals surface area contributed by atoms with E-state index in [2.05, 4.69) is 20.8 Å². The summed E-state index contributed by atoms with van der Waals surface area (Å²) < 4.78 is 36.1. The van der Waals surface area contributed by atoms with Crippen molar-refractivity contribution in [3.8, 4) is 0 Å². The molecule has 8 N–H and O–H groups in total. The van der Waals surface area contributed by atoms with Gasteiger partial charge < -0.3 is 69.3 Å². The first-order valence-corrected chi connectivity index (χ1v) is 21.6. The molecule has 326 valence electrons. The van der Waals surface area contributed by atoms with Gasteiger partial charge in [0.2, 0.25) is 0 Å². The molecule has 0 unspecified atom stereocenters. The number of fused-ring (bicyclic) bond motifs is 2. The van der Waals surface area contributed by atoms with E-state index in [4.69, 9.17) is 28.4 Å². The summed E-state index contributed by atoms with van der Waals surface area (Å²) in [5, 5.41) is 86.6. The topological polar surface area (TPSA) is 217 Å². The molecule has 23 atom stereocenters. The number of rotatable bonds is 9. The summed E-state index contributed by atoms with van der Waals surface area (Å²) >= 11 is 0. The number of hydrogen-bond donors (Lipinski definition) is 8. The third kappa shape index (κ3) is 6.16. The quantitative estimate of drug-likeness (QED) is 0.123. The van der Waals surface area contributed by atoms with E-state index in [1.165, 1.54) is 6.92 Å². The summed E-state index contributed by atoms with van der Waals surface area (Å²) in [7, 11) is 1.69. The van der Waals surface area contributed by atoms with Crippen LogP contribution in [-0.2, 0) is 28.4 Å². The Morgan fingerprint density at radius 3 is 2.04 bits per heavy atom. The predicted molar refractivity (Wildman–Crippen MR) is 203 cm³/mol. The number of allylic oxidation sites excluding steroid dienone is 1. The molecule has 0 bridgehead atoms. The van der Waals surface area contributed by atoms with Crippen molar-refractivity contribution in [3.63, 3.8) is 0 Å². The molecular formula is C43H70O14. The Bertz CT molecular complexity index is 1510. The second-order valence-electron chi connectivity index (χ2n) is 20.5. The summed E-state index contributed by atoms with van der Waals surface area (Å²) in [6, 6.07) is 0. The molecule has 5 aliphatic carbocycles. The number of aliphatic hydroxyl groups excluding tert-OH is 8. The van der Waals surface area contributed by atoms with Gasteiger partial charge in [0.25, 0.3) is 0 Å². The third-order valence-electron chi connectivity index (χ3n) is 18.0. The molecular weight excluding hydrogens is 740 g/mol. The predicted octanol–water partition coefficient (Wildman–Crippen LogP) is 1.75. The first-order chi connectivity index (χ1) is 26.8. The van der Waals surface area contributed by atoms with Crippen LogP contribution in [0.5, 0.6) is 0 Å². The van der Waals surface area contributed by atoms with E-state index < -0.39 is 85.3 Å². The van der Waals surface area contributed by atoms with Gasteiger partial charge in [-0.2, -0.15) is 0 Å². The molecule has 57 heavy (non-hydrogen) atoms. The molecule has 14 heteroatoms. The molecule has 0 aromatic heterocycles. The summed E-state index contributed by atoms with van der Waals surface area (Å²) in [4.78, 5) is 0. The first kappa shape index (κ1) is 42.9. The second-order valence-corrected chi connectivity index (χ2v) is 20.5. The fourth-order valence-corrected chi connectivity index (χ4v) is 14.7. The Balaban J connectivity index is 0.972. The van der Waals surface area contributed by atoms with Crippen LogP contribution in [0.15, 0.2) is 11.6 Å². The summed E-state index contributed by atoms with van der Waals surface area (Å²) in [6.07, 6.45) is -4.77. The highest BCUT2D eigenvalue weighted by Gasteiger charge is 2.83. The van der Waals surface area contributed by atoms with E-state index in [1.807, 2.05) is 19.9 Å². The molecule has 0 radical (unpaired) electrons. The highest BCUT2D eigenvalue weighted by atomic mass is 16.7. The SMILES string of the molecule is CO[C@@H]1O[C@H](C=C(C)C)[C@@H](O)[C@@H]1[C@H]1CC[C@@]2(C)[C@@H]3CC[C@@H]4[C@@](C)(CO)[C@@H](O[C@H]5O[C@@H](CO[C@H]6O[C@@H](C)[C@H](O)[C@@H](O)[C@@H]6O)[C@H](O)[C@@H](O)[C@@H]5O)CC[C@@]45C[C@@]35CC[C@]12C. The highest BCUT2D eigenvalue weighted by Crippen LogP contribution is 2.89. The summed E-state index contributed by atoms with van der Waals surface area (Å²) in [5.41, 5.74) is 0.750. The van der Waals surface area contributed by atoms with Crippen molar-refractivity contribution in [1.82, 2.24) is 0 Å². The molecule has 0 aromatic carbocycles. The molecule has 3 heterocycles. The van der Waals surface area contributed by atoms with Crippen molar-refractivity contribution in [3.05, 3.63) is 11.6 Å². The van der Waals surface area contributed by atoms with E-state index in [0.717, 1.165) is 56.9 Å². The molecule has 3 aliphatic heterocycles. The zero-order chi connectivity index (χ0) is 41.2. The second kappa shape index (κ2) is 14.9. The third-order valence-corrected chi connectivity index (χ3v) is 18.0. The Hall–Kier alpha value is -0.820. The minimum absolute atomic E-state index is 0.00635. The number of aliphatic hydroxyl groups is 8.